The number of rotatable bonds is 4. The van der Waals surface area contributed by atoms with Gasteiger partial charge < -0.3 is 11.1 Å². The number of hydrogen-bond donors (Lipinski definition) is 2. The standard InChI is InChI=1S/C13H15FN4O/c1-8(10-6-16-18(2)7-10)17-12-5-9(13(15)19)3-4-11(12)14/h3-8,17H,1-2H3,(H2,15,19). The molecule has 1 aromatic heterocycles. The van der Waals surface area contributed by atoms with Crippen LogP contribution in [0.2, 0.25) is 0 Å². The van der Waals surface area contributed by atoms with Crippen molar-refractivity contribution < 1.29 is 9.18 Å². The Morgan fingerprint density at radius 2 is 2.26 bits per heavy atom. The number of nitrogens with one attached hydrogen (secondary N) is 1. The average molecular weight is 262 g/mol. The molecular weight excluding hydrogens is 247 g/mol. The lowest BCUT2D eigenvalue weighted by Crippen LogP contribution is -2.13. The highest BCUT2D eigenvalue weighted by Crippen LogP contribution is 2.22. The molecule has 0 bridgehead atoms. The summed E-state index contributed by atoms with van der Waals surface area (Å²) < 4.78 is 15.3. The number of amides is 1. The molecule has 5 nitrogen and oxygen atoms in total. The van der Waals surface area contributed by atoms with E-state index in [1.807, 2.05) is 20.2 Å². The molecule has 2 rings (SSSR count). The second-order valence-corrected chi connectivity index (χ2v) is 4.37. The Kier molecular flexibility index (Phi) is 3.50. The molecule has 0 fully saturated rings. The predicted molar refractivity (Wildman–Crippen MR) is 70.2 cm³/mol. The van der Waals surface area contributed by atoms with Gasteiger partial charge in [0.15, 0.2) is 0 Å². The second kappa shape index (κ2) is 5.09. The number of carbonyl (C=O) groups excluding carboxylic acids is 1. The summed E-state index contributed by atoms with van der Waals surface area (Å²) in [6.45, 7) is 1.88. The van der Waals surface area contributed by atoms with E-state index in [4.69, 9.17) is 5.73 Å². The zero-order chi connectivity index (χ0) is 14.0. The van der Waals surface area contributed by atoms with E-state index >= 15 is 0 Å². The van der Waals surface area contributed by atoms with Gasteiger partial charge >= 0.3 is 0 Å². The van der Waals surface area contributed by atoms with Crippen molar-refractivity contribution in [2.24, 2.45) is 12.8 Å². The van der Waals surface area contributed by atoms with Crippen molar-refractivity contribution in [2.75, 3.05) is 5.32 Å². The molecule has 0 aliphatic rings. The van der Waals surface area contributed by atoms with Crippen molar-refractivity contribution in [1.29, 1.82) is 0 Å². The number of primary amides is 1. The van der Waals surface area contributed by atoms with Gasteiger partial charge in [0, 0.05) is 24.4 Å². The van der Waals surface area contributed by atoms with E-state index in [0.29, 0.717) is 0 Å². The van der Waals surface area contributed by atoms with Crippen molar-refractivity contribution in [3.8, 4) is 0 Å². The largest absolute Gasteiger partial charge is 0.376 e. The number of halogens is 1. The van der Waals surface area contributed by atoms with Gasteiger partial charge in [-0.25, -0.2) is 4.39 Å². The Morgan fingerprint density at radius 3 is 2.84 bits per heavy atom. The topological polar surface area (TPSA) is 72.9 Å². The highest BCUT2D eigenvalue weighted by Gasteiger charge is 2.12. The number of anilines is 1. The molecule has 0 spiro atoms. The molecule has 1 atom stereocenters. The summed E-state index contributed by atoms with van der Waals surface area (Å²) in [5, 5.41) is 7.06. The average Bonchev–Trinajstić information content (AvgIpc) is 2.78. The number of nitrogens with zero attached hydrogens (tertiary/aromatic N) is 2. The molecule has 1 aromatic carbocycles. The highest BCUT2D eigenvalue weighted by atomic mass is 19.1. The fourth-order valence-electron chi connectivity index (χ4n) is 1.77. The quantitative estimate of drug-likeness (QED) is 0.882. The van der Waals surface area contributed by atoms with E-state index in [9.17, 15) is 9.18 Å². The van der Waals surface area contributed by atoms with Gasteiger partial charge in [0.1, 0.15) is 5.82 Å². The van der Waals surface area contributed by atoms with Crippen molar-refractivity contribution in [2.45, 2.75) is 13.0 Å². The van der Waals surface area contributed by atoms with Crippen LogP contribution in [0, 0.1) is 5.82 Å². The van der Waals surface area contributed by atoms with Crippen LogP contribution in [0.1, 0.15) is 28.9 Å². The summed E-state index contributed by atoms with van der Waals surface area (Å²) in [5.41, 5.74) is 6.61. The van der Waals surface area contributed by atoms with Gasteiger partial charge in [-0.1, -0.05) is 0 Å². The summed E-state index contributed by atoms with van der Waals surface area (Å²) in [6, 6.07) is 3.85. The summed E-state index contributed by atoms with van der Waals surface area (Å²) in [5.74, 6) is -1.02. The van der Waals surface area contributed by atoms with Gasteiger partial charge in [0.05, 0.1) is 17.9 Å². The smallest absolute Gasteiger partial charge is 0.248 e. The van der Waals surface area contributed by atoms with Crippen LogP contribution < -0.4 is 11.1 Å². The number of aromatic nitrogens is 2. The third-order valence-electron chi connectivity index (χ3n) is 2.85. The van der Waals surface area contributed by atoms with Crippen LogP contribution in [0.5, 0.6) is 0 Å². The maximum atomic E-state index is 13.7. The Balaban J connectivity index is 2.22. The normalized spacial score (nSPS) is 12.2. The van der Waals surface area contributed by atoms with Gasteiger partial charge in [-0.3, -0.25) is 9.48 Å². The van der Waals surface area contributed by atoms with E-state index in [1.54, 1.807) is 10.9 Å². The van der Waals surface area contributed by atoms with Crippen LogP contribution in [-0.4, -0.2) is 15.7 Å². The van der Waals surface area contributed by atoms with Crippen molar-refractivity contribution in [3.63, 3.8) is 0 Å². The Bertz CT molecular complexity index is 608. The molecule has 0 saturated heterocycles. The minimum absolute atomic E-state index is 0.133. The first kappa shape index (κ1) is 13.1. The van der Waals surface area contributed by atoms with E-state index in [0.717, 1.165) is 5.56 Å². The van der Waals surface area contributed by atoms with E-state index in [-0.39, 0.29) is 17.3 Å². The maximum Gasteiger partial charge on any atom is 0.248 e. The minimum atomic E-state index is -0.586. The van der Waals surface area contributed by atoms with Crippen LogP contribution in [0.4, 0.5) is 10.1 Å². The summed E-state index contributed by atoms with van der Waals surface area (Å²) in [4.78, 5) is 11.1. The first-order valence-corrected chi connectivity index (χ1v) is 5.82. The van der Waals surface area contributed by atoms with Crippen LogP contribution in [0.25, 0.3) is 0 Å². The molecule has 6 heteroatoms. The first-order valence-electron chi connectivity index (χ1n) is 5.82. The van der Waals surface area contributed by atoms with Gasteiger partial charge in [0.25, 0.3) is 0 Å². The number of carbonyl (C=O) groups is 1. The van der Waals surface area contributed by atoms with Gasteiger partial charge in [-0.05, 0) is 25.1 Å². The lowest BCUT2D eigenvalue weighted by Gasteiger charge is -2.14. The number of aryl methyl sites for hydroxylation is 1. The minimum Gasteiger partial charge on any atom is -0.376 e. The van der Waals surface area contributed by atoms with Crippen LogP contribution in [0.15, 0.2) is 30.6 Å². The van der Waals surface area contributed by atoms with Gasteiger partial charge in [0.2, 0.25) is 5.91 Å². The second-order valence-electron chi connectivity index (χ2n) is 4.37. The molecule has 1 heterocycles. The molecule has 1 unspecified atom stereocenters. The summed E-state index contributed by atoms with van der Waals surface area (Å²) in [7, 11) is 1.81. The Labute approximate surface area is 110 Å². The van der Waals surface area contributed by atoms with Gasteiger partial charge in [-0.2, -0.15) is 5.10 Å². The van der Waals surface area contributed by atoms with Crippen LogP contribution in [-0.2, 0) is 7.05 Å². The van der Waals surface area contributed by atoms with E-state index in [2.05, 4.69) is 10.4 Å². The van der Waals surface area contributed by atoms with E-state index < -0.39 is 11.7 Å². The molecule has 0 saturated carbocycles. The summed E-state index contributed by atoms with van der Waals surface area (Å²) >= 11 is 0. The molecule has 19 heavy (non-hydrogen) atoms. The lowest BCUT2D eigenvalue weighted by molar-refractivity contribution is 0.100. The Morgan fingerprint density at radius 1 is 1.53 bits per heavy atom. The van der Waals surface area contributed by atoms with E-state index in [1.165, 1.54) is 18.2 Å². The molecular formula is C13H15FN4O. The van der Waals surface area contributed by atoms with Crippen molar-refractivity contribution in [1.82, 2.24) is 9.78 Å². The molecule has 0 radical (unpaired) electrons. The molecule has 3 N–H and O–H groups in total. The number of benzene rings is 1. The molecule has 0 aliphatic carbocycles. The zero-order valence-electron chi connectivity index (χ0n) is 10.7. The zero-order valence-corrected chi connectivity index (χ0v) is 10.7. The number of hydrogen-bond acceptors (Lipinski definition) is 3. The predicted octanol–water partition coefficient (Wildman–Crippen LogP) is 1.83. The Hall–Kier alpha value is -2.37. The van der Waals surface area contributed by atoms with Crippen LogP contribution >= 0.6 is 0 Å². The molecule has 0 aliphatic heterocycles. The van der Waals surface area contributed by atoms with Crippen molar-refractivity contribution in [3.05, 3.63) is 47.5 Å². The highest BCUT2D eigenvalue weighted by molar-refractivity contribution is 5.93. The summed E-state index contributed by atoms with van der Waals surface area (Å²) in [6.07, 6.45) is 3.54. The lowest BCUT2D eigenvalue weighted by atomic mass is 10.1. The van der Waals surface area contributed by atoms with Crippen LogP contribution in [0.3, 0.4) is 0 Å². The fraction of sp³-hybridized carbons (Fsp3) is 0.231. The first-order chi connectivity index (χ1) is 8.97. The third-order valence-corrected chi connectivity index (χ3v) is 2.85. The van der Waals surface area contributed by atoms with Gasteiger partial charge in [-0.15, -0.1) is 0 Å². The third kappa shape index (κ3) is 2.90. The number of nitrogens with two attached hydrogens (primary N) is 1. The maximum absolute atomic E-state index is 13.7. The molecule has 2 aromatic rings. The fourth-order valence-corrected chi connectivity index (χ4v) is 1.77. The molecule has 1 amide bonds. The monoisotopic (exact) mass is 262 g/mol. The van der Waals surface area contributed by atoms with Crippen molar-refractivity contribution >= 4 is 11.6 Å². The SMILES string of the molecule is CC(Nc1cc(C(N)=O)ccc1F)c1cnn(C)c1. The molecule has 100 valence electrons.